The highest BCUT2D eigenvalue weighted by Gasteiger charge is 2.60. The van der Waals surface area contributed by atoms with E-state index in [9.17, 15) is 15.3 Å². The number of hydrogen-bond acceptors (Lipinski definition) is 8. The third kappa shape index (κ3) is 4.30. The molecule has 9 heteroatoms. The Balaban J connectivity index is 1.23. The fourth-order valence-electron chi connectivity index (χ4n) is 7.74. The lowest BCUT2D eigenvalue weighted by molar-refractivity contribution is -0.147. The van der Waals surface area contributed by atoms with E-state index in [2.05, 4.69) is 32.5 Å². The van der Waals surface area contributed by atoms with Gasteiger partial charge < -0.3 is 24.3 Å². The minimum Gasteiger partial charge on any atom is -0.480 e. The Bertz CT molecular complexity index is 1740. The molecule has 9 nitrogen and oxygen atoms in total. The molecule has 0 saturated heterocycles. The van der Waals surface area contributed by atoms with E-state index >= 15 is 0 Å². The van der Waals surface area contributed by atoms with E-state index < -0.39 is 11.5 Å². The van der Waals surface area contributed by atoms with Crippen molar-refractivity contribution in [2.24, 2.45) is 43.6 Å². The smallest absolute Gasteiger partial charge is 0.289 e. The summed E-state index contributed by atoms with van der Waals surface area (Å²) in [5.74, 6) is 2.06. The van der Waals surface area contributed by atoms with Crippen LogP contribution in [0.25, 0.3) is 18.0 Å². The molecule has 0 amide bonds. The zero-order chi connectivity index (χ0) is 29.1. The summed E-state index contributed by atoms with van der Waals surface area (Å²) in [7, 11) is 0. The van der Waals surface area contributed by atoms with Crippen LogP contribution in [0.5, 0.6) is 5.95 Å². The van der Waals surface area contributed by atoms with Crippen molar-refractivity contribution in [3.05, 3.63) is 70.6 Å². The highest BCUT2D eigenvalue weighted by molar-refractivity contribution is 6.20. The van der Waals surface area contributed by atoms with Gasteiger partial charge in [-0.2, -0.15) is 0 Å². The number of allylic oxidation sites excluding steroid dienone is 1. The van der Waals surface area contributed by atoms with Crippen LogP contribution >= 0.6 is 0 Å². The Morgan fingerprint density at radius 1 is 1.14 bits per heavy atom. The number of aliphatic hydroxyl groups is 2. The predicted octanol–water partition coefficient (Wildman–Crippen LogP) is 3.44. The second-order valence-electron chi connectivity index (χ2n) is 12.5. The first-order valence-corrected chi connectivity index (χ1v) is 14.6. The van der Waals surface area contributed by atoms with Crippen LogP contribution in [0.3, 0.4) is 0 Å². The van der Waals surface area contributed by atoms with Crippen LogP contribution in [0.15, 0.2) is 68.2 Å². The van der Waals surface area contributed by atoms with E-state index in [1.807, 2.05) is 55.6 Å². The third-order valence-electron chi connectivity index (χ3n) is 10.2. The van der Waals surface area contributed by atoms with Gasteiger partial charge in [-0.15, -0.1) is 0 Å². The van der Waals surface area contributed by atoms with Crippen LogP contribution in [-0.2, 0) is 6.54 Å². The van der Waals surface area contributed by atoms with Crippen molar-refractivity contribution in [1.29, 1.82) is 0 Å². The lowest BCUT2D eigenvalue weighted by Crippen LogP contribution is -2.60. The largest absolute Gasteiger partial charge is 0.480 e. The molecule has 3 N–H and O–H groups in total. The first-order valence-electron chi connectivity index (χ1n) is 14.6. The number of hydrogen-bond donors (Lipinski definition) is 3. The molecule has 0 spiro atoms. The first kappa shape index (κ1) is 26.8. The second-order valence-corrected chi connectivity index (χ2v) is 12.5. The van der Waals surface area contributed by atoms with Crippen LogP contribution in [-0.4, -0.2) is 55.7 Å². The number of aliphatic hydroxyl groups excluding tert-OH is 2. The Hall–Kier alpha value is -4.08. The molecule has 2 saturated carbocycles. The molecule has 0 radical (unpaired) electrons. The maximum absolute atomic E-state index is 11.0. The minimum absolute atomic E-state index is 0.0357. The molecule has 0 bridgehead atoms. The standard InChI is InChI=1S/C33H35N5O4/c1-32-10-9-28(40)33(2,19-39)27(32)17-26-24(18-38-14-13-36-31(38)37-26)25(32)8-7-22-16-23(42-30(22)41)15-20-3-5-21(6-4-20)29-34-11-12-35-29/h3-8,11-16,24-25,27-28,39-41H,9-10,17-19H2,1-2H3/b8-7+/t24?,25?,27?,28-,32-,33+/m1/s1. The van der Waals surface area contributed by atoms with Gasteiger partial charge in [0, 0.05) is 53.6 Å². The summed E-state index contributed by atoms with van der Waals surface area (Å²) in [5.41, 5.74) is 0.855. The zero-order valence-corrected chi connectivity index (χ0v) is 23.8. The van der Waals surface area contributed by atoms with Crippen LogP contribution in [0.2, 0.25) is 0 Å². The molecule has 4 heterocycles. The number of furan rings is 1. The van der Waals surface area contributed by atoms with Gasteiger partial charge in [0.25, 0.3) is 5.95 Å². The van der Waals surface area contributed by atoms with E-state index in [4.69, 9.17) is 9.41 Å². The summed E-state index contributed by atoms with van der Waals surface area (Å²) in [4.78, 5) is 17.9. The second kappa shape index (κ2) is 10.0. The van der Waals surface area contributed by atoms with Crippen LogP contribution in [0.1, 0.15) is 44.4 Å². The molecule has 2 aliphatic heterocycles. The maximum atomic E-state index is 11.0. The molecule has 2 aliphatic carbocycles. The summed E-state index contributed by atoms with van der Waals surface area (Å²) >= 11 is 0. The minimum atomic E-state index is -0.635. The van der Waals surface area contributed by atoms with Crippen molar-refractivity contribution in [2.75, 3.05) is 6.61 Å². The molecule has 6 atom stereocenters. The number of aromatic hydroxyl groups is 1. The molecule has 1 aromatic carbocycles. The summed E-state index contributed by atoms with van der Waals surface area (Å²) in [6.45, 7) is 4.99. The number of rotatable bonds is 4. The van der Waals surface area contributed by atoms with Gasteiger partial charge in [0.05, 0.1) is 18.3 Å². The molecule has 4 aliphatic rings. The Kier molecular flexibility index (Phi) is 6.40. The Morgan fingerprint density at radius 2 is 1.93 bits per heavy atom. The van der Waals surface area contributed by atoms with Gasteiger partial charge in [0.1, 0.15) is 5.76 Å². The molecule has 3 unspecified atom stereocenters. The van der Waals surface area contributed by atoms with Gasteiger partial charge in [-0.05, 0) is 53.9 Å². The molecule has 3 aromatic rings. The summed E-state index contributed by atoms with van der Waals surface area (Å²) in [6, 6.07) is 9.69. The first-order chi connectivity index (χ1) is 20.3. The number of nitrogens with zero attached hydrogens (tertiary/aromatic N) is 5. The Labute approximate surface area is 243 Å². The van der Waals surface area contributed by atoms with Gasteiger partial charge in [-0.25, -0.2) is 20.0 Å². The van der Waals surface area contributed by atoms with Crippen LogP contribution < -0.4 is 10.4 Å². The molecule has 42 heavy (non-hydrogen) atoms. The average molecular weight is 566 g/mol. The van der Waals surface area contributed by atoms with Gasteiger partial charge in [0.15, 0.2) is 5.82 Å². The van der Waals surface area contributed by atoms with E-state index in [-0.39, 0.29) is 35.7 Å². The van der Waals surface area contributed by atoms with E-state index in [1.54, 1.807) is 18.6 Å². The van der Waals surface area contributed by atoms with Crippen molar-refractivity contribution in [2.45, 2.75) is 45.8 Å². The zero-order valence-electron chi connectivity index (χ0n) is 23.8. The molecular formula is C33H35N5O4. The highest BCUT2D eigenvalue weighted by Crippen LogP contribution is 2.61. The monoisotopic (exact) mass is 565 g/mol. The number of benzene rings is 1. The third-order valence-corrected chi connectivity index (χ3v) is 10.2. The van der Waals surface area contributed by atoms with Crippen molar-refractivity contribution in [3.63, 3.8) is 0 Å². The van der Waals surface area contributed by atoms with Gasteiger partial charge in [-0.1, -0.05) is 50.3 Å². The predicted molar refractivity (Wildman–Crippen MR) is 162 cm³/mol. The van der Waals surface area contributed by atoms with Crippen molar-refractivity contribution < 1.29 is 19.7 Å². The van der Waals surface area contributed by atoms with Crippen molar-refractivity contribution in [1.82, 2.24) is 9.55 Å². The van der Waals surface area contributed by atoms with Crippen LogP contribution in [0.4, 0.5) is 5.95 Å². The number of imidazole rings is 1. The number of fused-ring (bicyclic) bond motifs is 3. The molecule has 2 aromatic heterocycles. The van der Waals surface area contributed by atoms with Crippen molar-refractivity contribution in [3.8, 4) is 5.95 Å². The molecular weight excluding hydrogens is 530 g/mol. The van der Waals surface area contributed by atoms with Crippen LogP contribution in [0, 0.1) is 28.6 Å². The number of aliphatic imine (C=N–C) groups is 3. The number of aromatic nitrogens is 2. The average Bonchev–Trinajstić information content (AvgIpc) is 3.75. The fourth-order valence-corrected chi connectivity index (χ4v) is 7.74. The molecule has 216 valence electrons. The normalized spacial score (nSPS) is 31.6. The summed E-state index contributed by atoms with van der Waals surface area (Å²) < 4.78 is 7.82. The lowest BCUT2D eigenvalue weighted by Gasteiger charge is -2.61. The van der Waals surface area contributed by atoms with E-state index in [0.29, 0.717) is 29.5 Å². The van der Waals surface area contributed by atoms with Crippen molar-refractivity contribution >= 4 is 42.1 Å². The summed E-state index contributed by atoms with van der Waals surface area (Å²) in [5, 5.41) is 34.2. The Morgan fingerprint density at radius 3 is 2.69 bits per heavy atom. The topological polar surface area (TPSA) is 129 Å². The van der Waals surface area contributed by atoms with Gasteiger partial charge >= 0.3 is 0 Å². The van der Waals surface area contributed by atoms with Gasteiger partial charge in [0.2, 0.25) is 5.95 Å². The fraction of sp³-hybridized carbons (Fsp3) is 0.394. The summed E-state index contributed by atoms with van der Waals surface area (Å²) in [6.07, 6.45) is 14.7. The quantitative estimate of drug-likeness (QED) is 0.447. The SMILES string of the molecule is C[C@]12CC[C@@H](O)[C@@](C)(CO)C1CC1=Nc3nccn3CC1C2/C=C/c1cc(C=c2ccc(=C3N=CC=N3)cc2)oc1O. The lowest BCUT2D eigenvalue weighted by atomic mass is 9.45. The highest BCUT2D eigenvalue weighted by atomic mass is 16.5. The maximum Gasteiger partial charge on any atom is 0.289 e. The van der Waals surface area contributed by atoms with Gasteiger partial charge in [-0.3, -0.25) is 0 Å². The molecule has 2 fully saturated rings. The molecule has 7 rings (SSSR count). The van der Waals surface area contributed by atoms with E-state index in [1.165, 1.54) is 0 Å². The van der Waals surface area contributed by atoms with E-state index in [0.717, 1.165) is 35.5 Å².